The van der Waals surface area contributed by atoms with E-state index < -0.39 is 4.92 Å². The lowest BCUT2D eigenvalue weighted by molar-refractivity contribution is -0.384. The number of nitrogens with zero attached hydrogens (tertiary/aromatic N) is 2. The normalized spacial score (nSPS) is 19.7. The van der Waals surface area contributed by atoms with Gasteiger partial charge in [0.25, 0.3) is 11.6 Å². The maximum atomic E-state index is 11.8. The summed E-state index contributed by atoms with van der Waals surface area (Å²) in [5.74, 6) is -0.359. The van der Waals surface area contributed by atoms with Crippen molar-refractivity contribution in [1.82, 2.24) is 0 Å². The molecular weight excluding hydrogens is 279 g/mol. The second-order valence-electron chi connectivity index (χ2n) is 3.72. The van der Waals surface area contributed by atoms with Crippen molar-refractivity contribution in [3.63, 3.8) is 0 Å². The molecule has 1 aliphatic rings. The molecule has 1 aromatic carbocycles. The Morgan fingerprint density at radius 1 is 1.33 bits per heavy atom. The number of hydrogen-bond donors (Lipinski definition) is 0. The SMILES string of the molecule is O=C1C(Cl)=CC(Cl)CN1c1ccc([N+](=O)[O-])cc1. The first-order chi connectivity index (χ1) is 8.49. The Bertz CT molecular complexity index is 528. The van der Waals surface area contributed by atoms with Gasteiger partial charge in [0.15, 0.2) is 0 Å². The molecule has 0 fully saturated rings. The van der Waals surface area contributed by atoms with E-state index in [9.17, 15) is 14.9 Å². The van der Waals surface area contributed by atoms with Gasteiger partial charge in [-0.25, -0.2) is 0 Å². The quantitative estimate of drug-likeness (QED) is 0.477. The van der Waals surface area contributed by atoms with E-state index in [0.717, 1.165) is 0 Å². The molecule has 1 unspecified atom stereocenters. The van der Waals surface area contributed by atoms with Gasteiger partial charge in [-0.05, 0) is 18.2 Å². The van der Waals surface area contributed by atoms with E-state index in [2.05, 4.69) is 0 Å². The number of halogens is 2. The fraction of sp³-hybridized carbons (Fsp3) is 0.182. The van der Waals surface area contributed by atoms with Crippen molar-refractivity contribution in [2.75, 3.05) is 11.4 Å². The van der Waals surface area contributed by atoms with Gasteiger partial charge in [-0.3, -0.25) is 14.9 Å². The van der Waals surface area contributed by atoms with Crippen molar-refractivity contribution >= 4 is 40.5 Å². The molecule has 1 heterocycles. The molecule has 0 saturated carbocycles. The predicted molar refractivity (Wildman–Crippen MR) is 69.0 cm³/mol. The molecule has 7 heteroatoms. The molecular formula is C11H8Cl2N2O3. The second kappa shape index (κ2) is 4.96. The van der Waals surface area contributed by atoms with Gasteiger partial charge in [0.05, 0.1) is 10.3 Å². The van der Waals surface area contributed by atoms with Crippen LogP contribution in [0.5, 0.6) is 0 Å². The summed E-state index contributed by atoms with van der Waals surface area (Å²) < 4.78 is 0. The van der Waals surface area contributed by atoms with Gasteiger partial charge >= 0.3 is 0 Å². The molecule has 0 spiro atoms. The number of nitro groups is 1. The molecule has 5 nitrogen and oxygen atoms in total. The van der Waals surface area contributed by atoms with E-state index in [1.54, 1.807) is 0 Å². The van der Waals surface area contributed by atoms with Crippen molar-refractivity contribution < 1.29 is 9.72 Å². The molecule has 2 rings (SSSR count). The Labute approximate surface area is 113 Å². The van der Waals surface area contributed by atoms with Gasteiger partial charge in [0.1, 0.15) is 5.03 Å². The summed E-state index contributed by atoms with van der Waals surface area (Å²) in [5, 5.41) is 10.2. The van der Waals surface area contributed by atoms with E-state index >= 15 is 0 Å². The summed E-state index contributed by atoms with van der Waals surface area (Å²) in [6.07, 6.45) is 1.48. The van der Waals surface area contributed by atoms with Crippen LogP contribution in [-0.4, -0.2) is 22.8 Å². The molecule has 1 aliphatic heterocycles. The fourth-order valence-corrected chi connectivity index (χ4v) is 2.23. The van der Waals surface area contributed by atoms with Crippen molar-refractivity contribution in [3.8, 4) is 0 Å². The van der Waals surface area contributed by atoms with Crippen LogP contribution in [0.1, 0.15) is 0 Å². The highest BCUT2D eigenvalue weighted by Crippen LogP contribution is 2.26. The topological polar surface area (TPSA) is 63.5 Å². The smallest absolute Gasteiger partial charge is 0.269 e. The lowest BCUT2D eigenvalue weighted by atomic mass is 10.2. The lowest BCUT2D eigenvalue weighted by Crippen LogP contribution is -2.39. The Morgan fingerprint density at radius 2 is 1.94 bits per heavy atom. The lowest BCUT2D eigenvalue weighted by Gasteiger charge is -2.27. The van der Waals surface area contributed by atoms with E-state index in [0.29, 0.717) is 5.69 Å². The van der Waals surface area contributed by atoms with E-state index in [4.69, 9.17) is 23.2 Å². The largest absolute Gasteiger partial charge is 0.306 e. The highest BCUT2D eigenvalue weighted by Gasteiger charge is 2.26. The van der Waals surface area contributed by atoms with Crippen molar-refractivity contribution in [2.24, 2.45) is 0 Å². The minimum absolute atomic E-state index is 0.0349. The summed E-state index contributed by atoms with van der Waals surface area (Å²) >= 11 is 11.7. The summed E-state index contributed by atoms with van der Waals surface area (Å²) in [6.45, 7) is 0.286. The van der Waals surface area contributed by atoms with Crippen LogP contribution in [0.25, 0.3) is 0 Å². The minimum atomic E-state index is -0.501. The van der Waals surface area contributed by atoms with Gasteiger partial charge in [-0.15, -0.1) is 11.6 Å². The number of carbonyl (C=O) groups is 1. The molecule has 1 amide bonds. The fourth-order valence-electron chi connectivity index (χ4n) is 1.65. The Morgan fingerprint density at radius 3 is 2.50 bits per heavy atom. The molecule has 0 aliphatic carbocycles. The maximum Gasteiger partial charge on any atom is 0.269 e. The molecule has 1 aromatic rings. The number of carbonyl (C=O) groups excluding carboxylic acids is 1. The zero-order chi connectivity index (χ0) is 13.3. The Balaban J connectivity index is 2.29. The van der Waals surface area contributed by atoms with Gasteiger partial charge in [-0.1, -0.05) is 11.6 Å². The Hall–Kier alpha value is -1.59. The summed E-state index contributed by atoms with van der Waals surface area (Å²) in [4.78, 5) is 23.2. The van der Waals surface area contributed by atoms with Crippen LogP contribution in [-0.2, 0) is 4.79 Å². The monoisotopic (exact) mass is 286 g/mol. The number of hydrogen-bond acceptors (Lipinski definition) is 3. The molecule has 1 atom stereocenters. The van der Waals surface area contributed by atoms with Crippen LogP contribution in [0.3, 0.4) is 0 Å². The average molecular weight is 287 g/mol. The number of rotatable bonds is 2. The first-order valence-corrected chi connectivity index (χ1v) is 5.88. The number of anilines is 1. The molecule has 0 bridgehead atoms. The zero-order valence-electron chi connectivity index (χ0n) is 9.05. The van der Waals surface area contributed by atoms with Gasteiger partial charge in [0, 0.05) is 24.4 Å². The zero-order valence-corrected chi connectivity index (χ0v) is 10.6. The van der Waals surface area contributed by atoms with E-state index in [1.807, 2.05) is 0 Å². The number of nitro benzene ring substituents is 1. The first-order valence-electron chi connectivity index (χ1n) is 5.07. The van der Waals surface area contributed by atoms with Crippen LogP contribution in [0.4, 0.5) is 11.4 Å². The second-order valence-corrected chi connectivity index (χ2v) is 4.69. The van der Waals surface area contributed by atoms with Crippen LogP contribution < -0.4 is 4.90 Å². The van der Waals surface area contributed by atoms with Crippen LogP contribution >= 0.6 is 23.2 Å². The third-order valence-electron chi connectivity index (χ3n) is 2.51. The van der Waals surface area contributed by atoms with Crippen LogP contribution in [0.15, 0.2) is 35.4 Å². The summed E-state index contributed by atoms with van der Waals surface area (Å²) in [5.41, 5.74) is 0.495. The third-order valence-corrected chi connectivity index (χ3v) is 3.06. The summed E-state index contributed by atoms with van der Waals surface area (Å²) in [6, 6.07) is 5.65. The van der Waals surface area contributed by atoms with Crippen molar-refractivity contribution in [3.05, 3.63) is 45.5 Å². The van der Waals surface area contributed by atoms with Crippen molar-refractivity contribution in [1.29, 1.82) is 0 Å². The van der Waals surface area contributed by atoms with Gasteiger partial charge < -0.3 is 4.90 Å². The predicted octanol–water partition coefficient (Wildman–Crippen LogP) is 2.67. The highest BCUT2D eigenvalue weighted by atomic mass is 35.5. The summed E-state index contributed by atoms with van der Waals surface area (Å²) in [7, 11) is 0. The maximum absolute atomic E-state index is 11.8. The molecule has 0 saturated heterocycles. The van der Waals surface area contributed by atoms with Gasteiger partial charge in [-0.2, -0.15) is 0 Å². The average Bonchev–Trinajstić information content (AvgIpc) is 2.34. The number of alkyl halides is 1. The molecule has 18 heavy (non-hydrogen) atoms. The highest BCUT2D eigenvalue weighted by molar-refractivity contribution is 6.45. The van der Waals surface area contributed by atoms with E-state index in [1.165, 1.54) is 35.2 Å². The van der Waals surface area contributed by atoms with Crippen molar-refractivity contribution in [2.45, 2.75) is 5.38 Å². The first kappa shape index (κ1) is 12.9. The van der Waals surface area contributed by atoms with Crippen LogP contribution in [0.2, 0.25) is 0 Å². The number of non-ortho nitro benzene ring substituents is 1. The molecule has 0 N–H and O–H groups in total. The Kier molecular flexibility index (Phi) is 3.54. The minimum Gasteiger partial charge on any atom is -0.306 e. The molecule has 0 radical (unpaired) electrons. The number of amides is 1. The third kappa shape index (κ3) is 2.47. The van der Waals surface area contributed by atoms with Crippen LogP contribution in [0, 0.1) is 10.1 Å². The standard InChI is InChI=1S/C11H8Cl2N2O3/c12-7-5-10(13)11(16)14(6-7)8-1-3-9(4-2-8)15(17)18/h1-5,7H,6H2. The van der Waals surface area contributed by atoms with E-state index in [-0.39, 0.29) is 28.5 Å². The molecule has 0 aromatic heterocycles. The number of benzene rings is 1. The molecule has 94 valence electrons. The van der Waals surface area contributed by atoms with Gasteiger partial charge in [0.2, 0.25) is 0 Å².